The Bertz CT molecular complexity index is 557. The first-order chi connectivity index (χ1) is 9.84. The summed E-state index contributed by atoms with van der Waals surface area (Å²) in [6.45, 7) is 0. The van der Waals surface area contributed by atoms with Crippen molar-refractivity contribution in [2.45, 2.75) is 38.1 Å². The Morgan fingerprint density at radius 2 is 1.60 bits per heavy atom. The Morgan fingerprint density at radius 1 is 0.850 bits per heavy atom. The second kappa shape index (κ2) is 6.00. The van der Waals surface area contributed by atoms with E-state index in [1.54, 1.807) is 0 Å². The molecule has 0 heterocycles. The number of nitrogens with two attached hydrogens (primary N) is 1. The molecular formula is C18H22N2. The molecule has 0 amide bonds. The van der Waals surface area contributed by atoms with Crippen molar-refractivity contribution in [3.8, 4) is 11.1 Å². The lowest BCUT2D eigenvalue weighted by atomic mass is 9.95. The quantitative estimate of drug-likeness (QED) is 0.791. The summed E-state index contributed by atoms with van der Waals surface area (Å²) in [5.74, 6) is 0. The zero-order valence-electron chi connectivity index (χ0n) is 11.8. The van der Waals surface area contributed by atoms with Crippen LogP contribution in [0, 0.1) is 0 Å². The van der Waals surface area contributed by atoms with Crippen LogP contribution in [0.15, 0.2) is 48.5 Å². The number of hydrogen-bond donors (Lipinski definition) is 2. The molecule has 1 saturated carbocycles. The molecule has 0 radical (unpaired) electrons. The molecule has 0 atom stereocenters. The van der Waals surface area contributed by atoms with Crippen LogP contribution in [-0.2, 0) is 0 Å². The van der Waals surface area contributed by atoms with Crippen LogP contribution in [-0.4, -0.2) is 6.04 Å². The van der Waals surface area contributed by atoms with Crippen LogP contribution >= 0.6 is 0 Å². The van der Waals surface area contributed by atoms with Gasteiger partial charge in [-0.3, -0.25) is 0 Å². The fourth-order valence-corrected chi connectivity index (χ4v) is 3.03. The highest BCUT2D eigenvalue weighted by Crippen LogP contribution is 2.33. The summed E-state index contributed by atoms with van der Waals surface area (Å²) >= 11 is 0. The van der Waals surface area contributed by atoms with E-state index in [9.17, 15) is 0 Å². The molecule has 3 rings (SSSR count). The van der Waals surface area contributed by atoms with Crippen LogP contribution in [0.2, 0.25) is 0 Å². The average molecular weight is 266 g/mol. The van der Waals surface area contributed by atoms with E-state index in [2.05, 4.69) is 47.8 Å². The van der Waals surface area contributed by atoms with Crippen LogP contribution in [0.25, 0.3) is 11.1 Å². The molecule has 0 aliphatic heterocycles. The van der Waals surface area contributed by atoms with E-state index in [0.717, 1.165) is 16.9 Å². The van der Waals surface area contributed by atoms with Gasteiger partial charge in [0.15, 0.2) is 0 Å². The Hall–Kier alpha value is -1.96. The summed E-state index contributed by atoms with van der Waals surface area (Å²) in [5, 5.41) is 3.63. The first-order valence-electron chi connectivity index (χ1n) is 7.55. The fourth-order valence-electron chi connectivity index (χ4n) is 3.03. The number of hydrogen-bond acceptors (Lipinski definition) is 2. The predicted octanol–water partition coefficient (Wildman–Crippen LogP) is 4.68. The Morgan fingerprint density at radius 3 is 2.35 bits per heavy atom. The van der Waals surface area contributed by atoms with Crippen molar-refractivity contribution < 1.29 is 0 Å². The van der Waals surface area contributed by atoms with E-state index in [4.69, 9.17) is 5.73 Å². The number of rotatable bonds is 3. The van der Waals surface area contributed by atoms with Crippen molar-refractivity contribution in [1.29, 1.82) is 0 Å². The highest BCUT2D eigenvalue weighted by Gasteiger charge is 2.15. The first kappa shape index (κ1) is 13.0. The normalized spacial score (nSPS) is 16.0. The summed E-state index contributed by atoms with van der Waals surface area (Å²) in [6, 6.07) is 17.2. The van der Waals surface area contributed by atoms with Crippen molar-refractivity contribution in [2.24, 2.45) is 0 Å². The molecule has 1 aliphatic carbocycles. The molecule has 104 valence electrons. The maximum absolute atomic E-state index is 6.37. The van der Waals surface area contributed by atoms with E-state index in [1.807, 2.05) is 6.07 Å². The van der Waals surface area contributed by atoms with Crippen LogP contribution in [0.3, 0.4) is 0 Å². The van der Waals surface area contributed by atoms with Crippen molar-refractivity contribution in [3.05, 3.63) is 48.5 Å². The predicted molar refractivity (Wildman–Crippen MR) is 86.8 cm³/mol. The van der Waals surface area contributed by atoms with Gasteiger partial charge in [0.05, 0.1) is 11.4 Å². The minimum absolute atomic E-state index is 0.581. The number of nitrogens with one attached hydrogen (secondary N) is 1. The molecular weight excluding hydrogens is 244 g/mol. The molecule has 1 aliphatic rings. The van der Waals surface area contributed by atoms with Crippen molar-refractivity contribution in [3.63, 3.8) is 0 Å². The molecule has 2 heteroatoms. The standard InChI is InChI=1S/C18H22N2/c19-18-16(14-8-3-1-4-9-14)12-7-13-17(18)20-15-10-5-2-6-11-15/h1,3-4,7-9,12-13,15,20H,2,5-6,10-11,19H2. The van der Waals surface area contributed by atoms with Crippen LogP contribution < -0.4 is 11.1 Å². The molecule has 3 N–H and O–H groups in total. The summed E-state index contributed by atoms with van der Waals surface area (Å²) in [6.07, 6.45) is 6.55. The maximum Gasteiger partial charge on any atom is 0.0629 e. The topological polar surface area (TPSA) is 38.0 Å². The van der Waals surface area contributed by atoms with Crippen LogP contribution in [0.4, 0.5) is 11.4 Å². The monoisotopic (exact) mass is 266 g/mol. The van der Waals surface area contributed by atoms with E-state index in [1.165, 1.54) is 37.7 Å². The molecule has 2 aromatic carbocycles. The van der Waals surface area contributed by atoms with Gasteiger partial charge in [-0.2, -0.15) is 0 Å². The fraction of sp³-hybridized carbons (Fsp3) is 0.333. The third kappa shape index (κ3) is 2.79. The highest BCUT2D eigenvalue weighted by molar-refractivity contribution is 5.85. The third-order valence-corrected chi connectivity index (χ3v) is 4.16. The minimum Gasteiger partial charge on any atom is -0.397 e. The molecule has 1 fully saturated rings. The molecule has 0 unspecified atom stereocenters. The van der Waals surface area contributed by atoms with Crippen LogP contribution in [0.5, 0.6) is 0 Å². The van der Waals surface area contributed by atoms with Gasteiger partial charge in [-0.25, -0.2) is 0 Å². The Labute approximate surface area is 121 Å². The number of para-hydroxylation sites is 1. The van der Waals surface area contributed by atoms with Gasteiger partial charge >= 0.3 is 0 Å². The first-order valence-corrected chi connectivity index (χ1v) is 7.55. The molecule has 0 aromatic heterocycles. The minimum atomic E-state index is 0.581. The summed E-state index contributed by atoms with van der Waals surface area (Å²) < 4.78 is 0. The lowest BCUT2D eigenvalue weighted by Crippen LogP contribution is -2.22. The summed E-state index contributed by atoms with van der Waals surface area (Å²) in [4.78, 5) is 0. The van der Waals surface area contributed by atoms with E-state index in [0.29, 0.717) is 6.04 Å². The highest BCUT2D eigenvalue weighted by atomic mass is 14.9. The van der Waals surface area contributed by atoms with Gasteiger partial charge in [-0.05, 0) is 24.5 Å². The molecule has 0 saturated heterocycles. The Balaban J connectivity index is 1.85. The number of benzene rings is 2. The second-order valence-electron chi connectivity index (χ2n) is 5.61. The smallest absolute Gasteiger partial charge is 0.0629 e. The SMILES string of the molecule is Nc1c(NC2CCCCC2)cccc1-c1ccccc1. The summed E-state index contributed by atoms with van der Waals surface area (Å²) in [5.41, 5.74) is 10.6. The van der Waals surface area contributed by atoms with Gasteiger partial charge in [0, 0.05) is 11.6 Å². The third-order valence-electron chi connectivity index (χ3n) is 4.16. The van der Waals surface area contributed by atoms with Gasteiger partial charge in [-0.15, -0.1) is 0 Å². The zero-order valence-corrected chi connectivity index (χ0v) is 11.8. The molecule has 2 aromatic rings. The van der Waals surface area contributed by atoms with Crippen molar-refractivity contribution in [1.82, 2.24) is 0 Å². The van der Waals surface area contributed by atoms with Crippen LogP contribution in [0.1, 0.15) is 32.1 Å². The summed E-state index contributed by atoms with van der Waals surface area (Å²) in [7, 11) is 0. The van der Waals surface area contributed by atoms with Gasteiger partial charge < -0.3 is 11.1 Å². The van der Waals surface area contributed by atoms with Gasteiger partial charge in [-0.1, -0.05) is 61.7 Å². The zero-order chi connectivity index (χ0) is 13.8. The molecule has 0 spiro atoms. The van der Waals surface area contributed by atoms with E-state index in [-0.39, 0.29) is 0 Å². The van der Waals surface area contributed by atoms with Gasteiger partial charge in [0.25, 0.3) is 0 Å². The second-order valence-corrected chi connectivity index (χ2v) is 5.61. The van der Waals surface area contributed by atoms with Crippen molar-refractivity contribution >= 4 is 11.4 Å². The van der Waals surface area contributed by atoms with Gasteiger partial charge in [0.2, 0.25) is 0 Å². The van der Waals surface area contributed by atoms with Gasteiger partial charge in [0.1, 0.15) is 0 Å². The van der Waals surface area contributed by atoms with E-state index >= 15 is 0 Å². The lowest BCUT2D eigenvalue weighted by Gasteiger charge is -2.25. The maximum atomic E-state index is 6.37. The number of nitrogen functional groups attached to an aromatic ring is 1. The lowest BCUT2D eigenvalue weighted by molar-refractivity contribution is 0.463. The Kier molecular flexibility index (Phi) is 3.91. The molecule has 2 nitrogen and oxygen atoms in total. The van der Waals surface area contributed by atoms with Crippen molar-refractivity contribution in [2.75, 3.05) is 11.1 Å². The number of anilines is 2. The van der Waals surface area contributed by atoms with E-state index < -0.39 is 0 Å². The molecule has 20 heavy (non-hydrogen) atoms. The average Bonchev–Trinajstić information content (AvgIpc) is 2.51. The molecule has 0 bridgehead atoms. The largest absolute Gasteiger partial charge is 0.397 e.